The van der Waals surface area contributed by atoms with E-state index >= 15 is 0 Å². The molecule has 0 spiro atoms. The van der Waals surface area contributed by atoms with E-state index in [2.05, 4.69) is 62.6 Å². The summed E-state index contributed by atoms with van der Waals surface area (Å²) < 4.78 is 2.17. The number of nitrogens with zero attached hydrogens (tertiary/aromatic N) is 1. The summed E-state index contributed by atoms with van der Waals surface area (Å²) in [6.45, 7) is 8.54. The van der Waals surface area contributed by atoms with Gasteiger partial charge in [0.2, 0.25) is 0 Å². The molecule has 0 bridgehead atoms. The Balaban J connectivity index is 2.45. The predicted molar refractivity (Wildman–Crippen MR) is 86.2 cm³/mol. The van der Waals surface area contributed by atoms with E-state index in [9.17, 15) is 0 Å². The number of fused-ring (bicyclic) bond motifs is 1. The topological polar surface area (TPSA) is 30.4 Å². The highest BCUT2D eigenvalue weighted by molar-refractivity contribution is 5.94. The maximum atomic E-state index is 6.40. The van der Waals surface area contributed by atoms with Crippen molar-refractivity contribution in [1.82, 2.24) is 4.40 Å². The van der Waals surface area contributed by atoms with E-state index in [1.165, 1.54) is 27.8 Å². The van der Waals surface area contributed by atoms with Crippen molar-refractivity contribution in [2.75, 3.05) is 5.73 Å². The standard InChI is InChI=1S/C18H20N2/c1-11-9-12(2)16(13(3)10-11)17-15-7-5-6-8-20(15)14(4)18(17)19/h5-10H,19H2,1-4H3. The summed E-state index contributed by atoms with van der Waals surface area (Å²) >= 11 is 0. The average Bonchev–Trinajstić information content (AvgIpc) is 2.64. The fourth-order valence-electron chi connectivity index (χ4n) is 3.23. The molecule has 102 valence electrons. The molecule has 2 nitrogen and oxygen atoms in total. The van der Waals surface area contributed by atoms with Gasteiger partial charge in [0.15, 0.2) is 0 Å². The second kappa shape index (κ2) is 4.41. The molecule has 0 aliphatic carbocycles. The highest BCUT2D eigenvalue weighted by Crippen LogP contribution is 2.39. The van der Waals surface area contributed by atoms with Crippen molar-refractivity contribution in [3.05, 3.63) is 58.9 Å². The van der Waals surface area contributed by atoms with E-state index in [1.807, 2.05) is 6.07 Å². The normalized spacial score (nSPS) is 11.2. The lowest BCUT2D eigenvalue weighted by Gasteiger charge is -2.12. The smallest absolute Gasteiger partial charge is 0.0614 e. The van der Waals surface area contributed by atoms with Gasteiger partial charge in [-0.1, -0.05) is 23.8 Å². The predicted octanol–water partition coefficient (Wildman–Crippen LogP) is 4.42. The Morgan fingerprint density at radius 2 is 1.55 bits per heavy atom. The molecule has 0 atom stereocenters. The lowest BCUT2D eigenvalue weighted by atomic mass is 9.93. The van der Waals surface area contributed by atoms with Crippen molar-refractivity contribution in [2.24, 2.45) is 0 Å². The van der Waals surface area contributed by atoms with Crippen molar-refractivity contribution < 1.29 is 0 Å². The van der Waals surface area contributed by atoms with Gasteiger partial charge in [0.05, 0.1) is 11.2 Å². The zero-order valence-electron chi connectivity index (χ0n) is 12.5. The molecule has 2 aromatic heterocycles. The first-order valence-corrected chi connectivity index (χ1v) is 6.94. The van der Waals surface area contributed by atoms with E-state index in [-0.39, 0.29) is 0 Å². The van der Waals surface area contributed by atoms with Crippen LogP contribution < -0.4 is 5.73 Å². The number of benzene rings is 1. The lowest BCUT2D eigenvalue weighted by Crippen LogP contribution is -1.93. The molecule has 2 heteroatoms. The third-order valence-electron chi connectivity index (χ3n) is 4.06. The molecule has 0 unspecified atom stereocenters. The summed E-state index contributed by atoms with van der Waals surface area (Å²) in [6.07, 6.45) is 2.07. The number of hydrogen-bond acceptors (Lipinski definition) is 1. The van der Waals surface area contributed by atoms with Crippen LogP contribution in [0.15, 0.2) is 36.5 Å². The zero-order valence-corrected chi connectivity index (χ0v) is 12.5. The van der Waals surface area contributed by atoms with Gasteiger partial charge in [0.1, 0.15) is 0 Å². The molecule has 1 aromatic carbocycles. The minimum Gasteiger partial charge on any atom is -0.397 e. The van der Waals surface area contributed by atoms with Crippen LogP contribution >= 0.6 is 0 Å². The Bertz CT molecular complexity index is 787. The van der Waals surface area contributed by atoms with Crippen LogP contribution in [0, 0.1) is 27.7 Å². The van der Waals surface area contributed by atoms with Crippen molar-refractivity contribution in [3.63, 3.8) is 0 Å². The summed E-state index contributed by atoms with van der Waals surface area (Å²) in [5, 5.41) is 0. The molecular formula is C18H20N2. The Morgan fingerprint density at radius 1 is 0.900 bits per heavy atom. The maximum Gasteiger partial charge on any atom is 0.0614 e. The van der Waals surface area contributed by atoms with E-state index < -0.39 is 0 Å². The van der Waals surface area contributed by atoms with Gasteiger partial charge in [0, 0.05) is 17.5 Å². The molecule has 2 heterocycles. The van der Waals surface area contributed by atoms with E-state index in [0.717, 1.165) is 16.9 Å². The van der Waals surface area contributed by atoms with E-state index in [1.54, 1.807) is 0 Å². The fraction of sp³-hybridized carbons (Fsp3) is 0.222. The van der Waals surface area contributed by atoms with E-state index in [0.29, 0.717) is 0 Å². The molecule has 0 amide bonds. The molecule has 20 heavy (non-hydrogen) atoms. The number of aryl methyl sites for hydroxylation is 4. The second-order valence-corrected chi connectivity index (χ2v) is 5.60. The van der Waals surface area contributed by atoms with Crippen LogP contribution in [0.1, 0.15) is 22.4 Å². The fourth-order valence-corrected chi connectivity index (χ4v) is 3.23. The zero-order chi connectivity index (χ0) is 14.4. The van der Waals surface area contributed by atoms with Gasteiger partial charge in [-0.15, -0.1) is 0 Å². The third kappa shape index (κ3) is 1.72. The van der Waals surface area contributed by atoms with Crippen LogP contribution in [0.2, 0.25) is 0 Å². The number of nitrogens with two attached hydrogens (primary N) is 1. The quantitative estimate of drug-likeness (QED) is 0.692. The van der Waals surface area contributed by atoms with Crippen LogP contribution in [0.25, 0.3) is 16.6 Å². The van der Waals surface area contributed by atoms with Gasteiger partial charge in [0.25, 0.3) is 0 Å². The highest BCUT2D eigenvalue weighted by atomic mass is 14.9. The van der Waals surface area contributed by atoms with Crippen molar-refractivity contribution in [3.8, 4) is 11.1 Å². The molecular weight excluding hydrogens is 244 g/mol. The van der Waals surface area contributed by atoms with Gasteiger partial charge in [-0.25, -0.2) is 0 Å². The molecule has 3 aromatic rings. The SMILES string of the molecule is Cc1cc(C)c(-c2c(N)c(C)n3ccccc23)c(C)c1. The van der Waals surface area contributed by atoms with Gasteiger partial charge >= 0.3 is 0 Å². The van der Waals surface area contributed by atoms with Crippen molar-refractivity contribution >= 4 is 11.2 Å². The Labute approximate surface area is 119 Å². The molecule has 0 saturated heterocycles. The maximum absolute atomic E-state index is 6.40. The van der Waals surface area contributed by atoms with Gasteiger partial charge in [-0.2, -0.15) is 0 Å². The monoisotopic (exact) mass is 264 g/mol. The minimum absolute atomic E-state index is 0.881. The molecule has 2 N–H and O–H groups in total. The Hall–Kier alpha value is -2.22. The minimum atomic E-state index is 0.881. The number of anilines is 1. The molecule has 0 radical (unpaired) electrons. The van der Waals surface area contributed by atoms with Crippen LogP contribution in [0.5, 0.6) is 0 Å². The number of aromatic nitrogens is 1. The Kier molecular flexibility index (Phi) is 2.82. The van der Waals surface area contributed by atoms with Crippen LogP contribution in [0.4, 0.5) is 5.69 Å². The third-order valence-corrected chi connectivity index (χ3v) is 4.06. The summed E-state index contributed by atoms with van der Waals surface area (Å²) in [5.41, 5.74) is 15.9. The number of pyridine rings is 1. The molecule has 3 rings (SSSR count). The molecule has 0 fully saturated rings. The van der Waals surface area contributed by atoms with Crippen LogP contribution in [0.3, 0.4) is 0 Å². The van der Waals surface area contributed by atoms with Gasteiger partial charge in [-0.05, 0) is 56.5 Å². The molecule has 0 aliphatic heterocycles. The number of rotatable bonds is 1. The first-order valence-electron chi connectivity index (χ1n) is 6.94. The molecule has 0 saturated carbocycles. The lowest BCUT2D eigenvalue weighted by molar-refractivity contribution is 1.12. The number of hydrogen-bond donors (Lipinski definition) is 1. The summed E-state index contributed by atoms with van der Waals surface area (Å²) in [4.78, 5) is 0. The van der Waals surface area contributed by atoms with Gasteiger partial charge in [-0.3, -0.25) is 0 Å². The van der Waals surface area contributed by atoms with Crippen molar-refractivity contribution in [1.29, 1.82) is 0 Å². The average molecular weight is 264 g/mol. The highest BCUT2D eigenvalue weighted by Gasteiger charge is 2.17. The summed E-state index contributed by atoms with van der Waals surface area (Å²) in [5.74, 6) is 0. The van der Waals surface area contributed by atoms with Crippen LogP contribution in [-0.2, 0) is 0 Å². The Morgan fingerprint density at radius 3 is 2.20 bits per heavy atom. The largest absolute Gasteiger partial charge is 0.397 e. The van der Waals surface area contributed by atoms with Crippen molar-refractivity contribution in [2.45, 2.75) is 27.7 Å². The first kappa shape index (κ1) is 12.8. The van der Waals surface area contributed by atoms with Gasteiger partial charge < -0.3 is 10.1 Å². The first-order chi connectivity index (χ1) is 9.50. The summed E-state index contributed by atoms with van der Waals surface area (Å²) in [6, 6.07) is 10.7. The number of nitrogen functional groups attached to an aromatic ring is 1. The van der Waals surface area contributed by atoms with Crippen LogP contribution in [-0.4, -0.2) is 4.40 Å². The van der Waals surface area contributed by atoms with E-state index in [4.69, 9.17) is 5.73 Å². The molecule has 0 aliphatic rings. The summed E-state index contributed by atoms with van der Waals surface area (Å²) in [7, 11) is 0. The second-order valence-electron chi connectivity index (χ2n) is 5.60.